The number of hydrogen-bond acceptors (Lipinski definition) is 2. The Bertz CT molecular complexity index is 379. The standard InChI is InChI=1S/C13H17ClO3/c1-9(8-15)5-11(13(16)17)6-10-3-2-4-12(14)7-10/h2-4,7,9,11,15H,5-6,8H2,1H3,(H,16,17). The molecule has 0 radical (unpaired) electrons. The van der Waals surface area contributed by atoms with Crippen LogP contribution in [0.3, 0.4) is 0 Å². The third kappa shape index (κ3) is 4.75. The SMILES string of the molecule is CC(CO)CC(Cc1cccc(Cl)c1)C(=O)O. The first-order valence-electron chi connectivity index (χ1n) is 5.61. The number of aliphatic hydroxyl groups excluding tert-OH is 1. The molecule has 0 fully saturated rings. The van der Waals surface area contributed by atoms with Crippen molar-refractivity contribution in [3.63, 3.8) is 0 Å². The lowest BCUT2D eigenvalue weighted by Crippen LogP contribution is -2.20. The van der Waals surface area contributed by atoms with Crippen LogP contribution in [0.15, 0.2) is 24.3 Å². The molecule has 4 heteroatoms. The second kappa shape index (κ2) is 6.62. The second-order valence-electron chi connectivity index (χ2n) is 4.39. The minimum atomic E-state index is -0.828. The molecule has 0 aliphatic rings. The van der Waals surface area contributed by atoms with Crippen molar-refractivity contribution in [2.24, 2.45) is 11.8 Å². The van der Waals surface area contributed by atoms with Gasteiger partial charge in [0.1, 0.15) is 0 Å². The average molecular weight is 257 g/mol. The zero-order chi connectivity index (χ0) is 12.8. The van der Waals surface area contributed by atoms with Gasteiger partial charge in [-0.05, 0) is 36.5 Å². The quantitative estimate of drug-likeness (QED) is 0.823. The normalized spacial score (nSPS) is 14.3. The van der Waals surface area contributed by atoms with Crippen molar-refractivity contribution in [1.82, 2.24) is 0 Å². The monoisotopic (exact) mass is 256 g/mol. The van der Waals surface area contributed by atoms with Crippen molar-refractivity contribution in [2.75, 3.05) is 6.61 Å². The van der Waals surface area contributed by atoms with E-state index in [0.29, 0.717) is 17.9 Å². The van der Waals surface area contributed by atoms with Crippen molar-refractivity contribution < 1.29 is 15.0 Å². The molecule has 0 aliphatic carbocycles. The molecule has 0 aliphatic heterocycles. The zero-order valence-electron chi connectivity index (χ0n) is 9.77. The van der Waals surface area contributed by atoms with Crippen molar-refractivity contribution in [3.8, 4) is 0 Å². The van der Waals surface area contributed by atoms with Gasteiger partial charge in [0.05, 0.1) is 5.92 Å². The van der Waals surface area contributed by atoms with Crippen molar-refractivity contribution in [1.29, 1.82) is 0 Å². The van der Waals surface area contributed by atoms with E-state index in [4.69, 9.17) is 21.8 Å². The minimum Gasteiger partial charge on any atom is -0.481 e. The molecule has 94 valence electrons. The number of hydrogen-bond donors (Lipinski definition) is 2. The van der Waals surface area contributed by atoms with Crippen molar-refractivity contribution in [2.45, 2.75) is 19.8 Å². The molecule has 3 nitrogen and oxygen atoms in total. The van der Waals surface area contributed by atoms with Gasteiger partial charge >= 0.3 is 5.97 Å². The van der Waals surface area contributed by atoms with Crippen LogP contribution < -0.4 is 0 Å². The van der Waals surface area contributed by atoms with Gasteiger partial charge in [0.25, 0.3) is 0 Å². The van der Waals surface area contributed by atoms with Crippen LogP contribution in [0.2, 0.25) is 5.02 Å². The predicted octanol–water partition coefficient (Wildman–Crippen LogP) is 2.60. The molecule has 0 aromatic heterocycles. The van der Waals surface area contributed by atoms with Crippen LogP contribution >= 0.6 is 11.6 Å². The van der Waals surface area contributed by atoms with E-state index in [0.717, 1.165) is 5.56 Å². The molecule has 0 saturated heterocycles. The van der Waals surface area contributed by atoms with Crippen LogP contribution in [-0.4, -0.2) is 22.8 Å². The van der Waals surface area contributed by atoms with E-state index in [9.17, 15) is 4.79 Å². The molecule has 2 atom stereocenters. The molecule has 1 aromatic rings. The van der Waals surface area contributed by atoms with E-state index in [1.54, 1.807) is 12.1 Å². The third-order valence-corrected chi connectivity index (χ3v) is 2.95. The lowest BCUT2D eigenvalue weighted by molar-refractivity contribution is -0.142. The first-order chi connectivity index (χ1) is 8.02. The predicted molar refractivity (Wildman–Crippen MR) is 67.1 cm³/mol. The molecule has 0 heterocycles. The third-order valence-electron chi connectivity index (χ3n) is 2.72. The Morgan fingerprint density at radius 2 is 2.18 bits per heavy atom. The van der Waals surface area contributed by atoms with E-state index in [1.165, 1.54) is 0 Å². The molecule has 1 aromatic carbocycles. The molecule has 17 heavy (non-hydrogen) atoms. The number of aliphatic carboxylic acids is 1. The zero-order valence-corrected chi connectivity index (χ0v) is 10.5. The van der Waals surface area contributed by atoms with Gasteiger partial charge in [0.15, 0.2) is 0 Å². The fraction of sp³-hybridized carbons (Fsp3) is 0.462. The van der Waals surface area contributed by atoms with Crippen LogP contribution in [0.4, 0.5) is 0 Å². The first-order valence-corrected chi connectivity index (χ1v) is 5.98. The number of carboxylic acids is 1. The second-order valence-corrected chi connectivity index (χ2v) is 4.83. The van der Waals surface area contributed by atoms with Gasteiger partial charge in [0, 0.05) is 11.6 Å². The average Bonchev–Trinajstić information content (AvgIpc) is 2.27. The fourth-order valence-electron chi connectivity index (χ4n) is 1.78. The maximum absolute atomic E-state index is 11.1. The van der Waals surface area contributed by atoms with Gasteiger partial charge in [-0.2, -0.15) is 0 Å². The van der Waals surface area contributed by atoms with E-state index in [2.05, 4.69) is 0 Å². The van der Waals surface area contributed by atoms with Crippen LogP contribution in [-0.2, 0) is 11.2 Å². The highest BCUT2D eigenvalue weighted by molar-refractivity contribution is 6.30. The number of carbonyl (C=O) groups is 1. The largest absolute Gasteiger partial charge is 0.481 e. The topological polar surface area (TPSA) is 57.5 Å². The molecule has 0 spiro atoms. The summed E-state index contributed by atoms with van der Waals surface area (Å²) < 4.78 is 0. The molecule has 0 amide bonds. The molecule has 2 N–H and O–H groups in total. The summed E-state index contributed by atoms with van der Waals surface area (Å²) in [6.45, 7) is 1.85. The number of halogens is 1. The lowest BCUT2D eigenvalue weighted by Gasteiger charge is -2.16. The number of carboxylic acid groups (broad SMARTS) is 1. The maximum atomic E-state index is 11.1. The van der Waals surface area contributed by atoms with Gasteiger partial charge in [0.2, 0.25) is 0 Å². The molecule has 1 rings (SSSR count). The molecule has 0 saturated carbocycles. The Hall–Kier alpha value is -1.06. The van der Waals surface area contributed by atoms with E-state index >= 15 is 0 Å². The number of benzene rings is 1. The summed E-state index contributed by atoms with van der Waals surface area (Å²) in [4.78, 5) is 11.1. The Morgan fingerprint density at radius 1 is 1.47 bits per heavy atom. The Labute approximate surface area is 106 Å². The van der Waals surface area contributed by atoms with Crippen LogP contribution in [0.5, 0.6) is 0 Å². The summed E-state index contributed by atoms with van der Waals surface area (Å²) in [6.07, 6.45) is 0.915. The van der Waals surface area contributed by atoms with Crippen molar-refractivity contribution >= 4 is 17.6 Å². The summed E-state index contributed by atoms with van der Waals surface area (Å²) in [7, 11) is 0. The molecule has 2 unspecified atom stereocenters. The van der Waals surface area contributed by atoms with Crippen molar-refractivity contribution in [3.05, 3.63) is 34.9 Å². The highest BCUT2D eigenvalue weighted by atomic mass is 35.5. The van der Waals surface area contributed by atoms with Crippen LogP contribution in [0.25, 0.3) is 0 Å². The van der Waals surface area contributed by atoms with Gasteiger partial charge in [-0.3, -0.25) is 4.79 Å². The summed E-state index contributed by atoms with van der Waals surface area (Å²) in [5.74, 6) is -1.31. The maximum Gasteiger partial charge on any atom is 0.306 e. The Morgan fingerprint density at radius 3 is 2.71 bits per heavy atom. The number of rotatable bonds is 6. The molecular formula is C13H17ClO3. The summed E-state index contributed by atoms with van der Waals surface area (Å²) >= 11 is 5.85. The van der Waals surface area contributed by atoms with Gasteiger partial charge < -0.3 is 10.2 Å². The van der Waals surface area contributed by atoms with E-state index in [-0.39, 0.29) is 12.5 Å². The first kappa shape index (κ1) is 14.0. The Kier molecular flexibility index (Phi) is 5.45. The summed E-state index contributed by atoms with van der Waals surface area (Å²) in [6, 6.07) is 7.22. The molecule has 0 bridgehead atoms. The smallest absolute Gasteiger partial charge is 0.306 e. The molecular weight excluding hydrogens is 240 g/mol. The highest BCUT2D eigenvalue weighted by Crippen LogP contribution is 2.20. The fourth-order valence-corrected chi connectivity index (χ4v) is 1.99. The van der Waals surface area contributed by atoms with Crippen LogP contribution in [0, 0.1) is 11.8 Å². The van der Waals surface area contributed by atoms with E-state index < -0.39 is 11.9 Å². The minimum absolute atomic E-state index is 0.00437. The van der Waals surface area contributed by atoms with Crippen LogP contribution in [0.1, 0.15) is 18.9 Å². The van der Waals surface area contributed by atoms with Gasteiger partial charge in [-0.1, -0.05) is 30.7 Å². The number of aliphatic hydroxyl groups is 1. The van der Waals surface area contributed by atoms with E-state index in [1.807, 2.05) is 19.1 Å². The van der Waals surface area contributed by atoms with Gasteiger partial charge in [-0.15, -0.1) is 0 Å². The lowest BCUT2D eigenvalue weighted by atomic mass is 9.90. The van der Waals surface area contributed by atoms with Gasteiger partial charge in [-0.25, -0.2) is 0 Å². The highest BCUT2D eigenvalue weighted by Gasteiger charge is 2.20. The summed E-state index contributed by atoms with van der Waals surface area (Å²) in [5.41, 5.74) is 0.912. The summed E-state index contributed by atoms with van der Waals surface area (Å²) in [5, 5.41) is 18.7. The Balaban J connectivity index is 2.70.